The van der Waals surface area contributed by atoms with Gasteiger partial charge in [-0.2, -0.15) is 0 Å². The highest BCUT2D eigenvalue weighted by atomic mass is 19.1. The molecule has 1 amide bonds. The molecule has 88 valence electrons. The largest absolute Gasteiger partial charge is 0.441 e. The van der Waals surface area contributed by atoms with Crippen LogP contribution in [-0.4, -0.2) is 37.5 Å². The lowest BCUT2D eigenvalue weighted by Gasteiger charge is -2.26. The second kappa shape index (κ2) is 5.30. The fraction of sp³-hybridized carbons (Fsp3) is 0.900. The molecule has 0 radical (unpaired) electrons. The lowest BCUT2D eigenvalue weighted by atomic mass is 10.1. The van der Waals surface area contributed by atoms with Gasteiger partial charge in [-0.1, -0.05) is 0 Å². The van der Waals surface area contributed by atoms with Crippen molar-refractivity contribution >= 4 is 6.09 Å². The normalized spacial score (nSPS) is 18.6. The number of rotatable bonds is 3. The molecular weight excluding hydrogens is 199 g/mol. The monoisotopic (exact) mass is 218 g/mol. The first kappa shape index (κ1) is 12.2. The SMILES string of the molecule is CC(C)(CF)OC(=O)NC1CCNCC1. The summed E-state index contributed by atoms with van der Waals surface area (Å²) in [6, 6.07) is 0.147. The van der Waals surface area contributed by atoms with Crippen LogP contribution in [0.2, 0.25) is 0 Å². The van der Waals surface area contributed by atoms with Crippen LogP contribution in [-0.2, 0) is 4.74 Å². The van der Waals surface area contributed by atoms with Crippen molar-refractivity contribution in [3.8, 4) is 0 Å². The lowest BCUT2D eigenvalue weighted by molar-refractivity contribution is 0.0184. The smallest absolute Gasteiger partial charge is 0.407 e. The van der Waals surface area contributed by atoms with E-state index in [9.17, 15) is 9.18 Å². The van der Waals surface area contributed by atoms with Crippen LogP contribution in [0.15, 0.2) is 0 Å². The molecule has 0 aromatic carbocycles. The molecule has 0 aliphatic carbocycles. The van der Waals surface area contributed by atoms with Gasteiger partial charge in [0.2, 0.25) is 0 Å². The highest BCUT2D eigenvalue weighted by molar-refractivity contribution is 5.68. The van der Waals surface area contributed by atoms with E-state index in [1.54, 1.807) is 13.8 Å². The molecule has 0 aromatic rings. The predicted molar refractivity (Wildman–Crippen MR) is 55.6 cm³/mol. The van der Waals surface area contributed by atoms with E-state index in [0.717, 1.165) is 25.9 Å². The van der Waals surface area contributed by atoms with Gasteiger partial charge in [-0.25, -0.2) is 9.18 Å². The van der Waals surface area contributed by atoms with Crippen molar-refractivity contribution in [3.63, 3.8) is 0 Å². The Morgan fingerprint density at radius 1 is 1.53 bits per heavy atom. The summed E-state index contributed by atoms with van der Waals surface area (Å²) in [7, 11) is 0. The van der Waals surface area contributed by atoms with Gasteiger partial charge in [0, 0.05) is 6.04 Å². The molecule has 0 bridgehead atoms. The fourth-order valence-electron chi connectivity index (χ4n) is 1.44. The van der Waals surface area contributed by atoms with E-state index >= 15 is 0 Å². The second-order valence-electron chi connectivity index (χ2n) is 4.45. The Morgan fingerprint density at radius 3 is 2.67 bits per heavy atom. The van der Waals surface area contributed by atoms with Crippen molar-refractivity contribution in [2.24, 2.45) is 0 Å². The van der Waals surface area contributed by atoms with Crippen LogP contribution in [0.4, 0.5) is 9.18 Å². The molecule has 0 atom stereocenters. The van der Waals surface area contributed by atoms with Gasteiger partial charge in [0.25, 0.3) is 0 Å². The standard InChI is InChI=1S/C10H19FN2O2/c1-10(2,7-11)15-9(14)13-8-3-5-12-6-4-8/h8,12H,3-7H2,1-2H3,(H,13,14). The lowest BCUT2D eigenvalue weighted by Crippen LogP contribution is -2.45. The molecule has 1 heterocycles. The molecule has 15 heavy (non-hydrogen) atoms. The second-order valence-corrected chi connectivity index (χ2v) is 4.45. The summed E-state index contributed by atoms with van der Waals surface area (Å²) in [5.41, 5.74) is -1.03. The molecule has 0 spiro atoms. The van der Waals surface area contributed by atoms with Gasteiger partial charge in [0.1, 0.15) is 12.3 Å². The number of halogens is 1. The number of piperidine rings is 1. The molecule has 4 nitrogen and oxygen atoms in total. The number of carbonyl (C=O) groups is 1. The number of hydrogen-bond acceptors (Lipinski definition) is 3. The van der Waals surface area contributed by atoms with E-state index < -0.39 is 18.4 Å². The average molecular weight is 218 g/mol. The highest BCUT2D eigenvalue weighted by Gasteiger charge is 2.24. The Bertz CT molecular complexity index is 215. The molecule has 0 unspecified atom stereocenters. The zero-order chi connectivity index (χ0) is 11.3. The first-order valence-corrected chi connectivity index (χ1v) is 5.30. The molecule has 0 aromatic heterocycles. The van der Waals surface area contributed by atoms with Gasteiger partial charge in [-0.05, 0) is 39.8 Å². The molecule has 2 N–H and O–H groups in total. The number of alkyl halides is 1. The van der Waals surface area contributed by atoms with Gasteiger partial charge >= 0.3 is 6.09 Å². The van der Waals surface area contributed by atoms with Gasteiger partial charge in [0.15, 0.2) is 0 Å². The number of nitrogens with one attached hydrogen (secondary N) is 2. The summed E-state index contributed by atoms with van der Waals surface area (Å²) in [6.07, 6.45) is 1.26. The van der Waals surface area contributed by atoms with Crippen molar-refractivity contribution in [2.45, 2.75) is 38.3 Å². The maximum absolute atomic E-state index is 12.4. The zero-order valence-electron chi connectivity index (χ0n) is 9.31. The van der Waals surface area contributed by atoms with Crippen LogP contribution in [0.1, 0.15) is 26.7 Å². The minimum atomic E-state index is -1.03. The van der Waals surface area contributed by atoms with E-state index in [0.29, 0.717) is 0 Å². The molecule has 5 heteroatoms. The molecule has 1 aliphatic heterocycles. The van der Waals surface area contributed by atoms with Crippen molar-refractivity contribution in [3.05, 3.63) is 0 Å². The summed E-state index contributed by atoms with van der Waals surface area (Å²) in [4.78, 5) is 11.4. The predicted octanol–water partition coefficient (Wildman–Crippen LogP) is 1.21. The summed E-state index contributed by atoms with van der Waals surface area (Å²) >= 11 is 0. The molecule has 1 saturated heterocycles. The Labute approximate surface area is 89.6 Å². The summed E-state index contributed by atoms with van der Waals surface area (Å²) in [5, 5.41) is 5.94. The Morgan fingerprint density at radius 2 is 2.13 bits per heavy atom. The molecule has 0 saturated carbocycles. The van der Waals surface area contributed by atoms with Gasteiger partial charge < -0.3 is 15.4 Å². The first-order valence-electron chi connectivity index (χ1n) is 5.30. The molecule has 1 aliphatic rings. The Kier molecular flexibility index (Phi) is 4.32. The minimum Gasteiger partial charge on any atom is -0.441 e. The number of ether oxygens (including phenoxy) is 1. The van der Waals surface area contributed by atoms with Crippen molar-refractivity contribution in [1.29, 1.82) is 0 Å². The maximum Gasteiger partial charge on any atom is 0.407 e. The van der Waals surface area contributed by atoms with Gasteiger partial charge in [-0.3, -0.25) is 0 Å². The van der Waals surface area contributed by atoms with E-state index in [4.69, 9.17) is 4.74 Å². The number of alkyl carbamates (subject to hydrolysis) is 1. The maximum atomic E-state index is 12.4. The van der Waals surface area contributed by atoms with Crippen LogP contribution in [0.5, 0.6) is 0 Å². The van der Waals surface area contributed by atoms with Crippen LogP contribution in [0.3, 0.4) is 0 Å². The van der Waals surface area contributed by atoms with Crippen LogP contribution >= 0.6 is 0 Å². The number of carbonyl (C=O) groups excluding carboxylic acids is 1. The van der Waals surface area contributed by atoms with Gasteiger partial charge in [-0.15, -0.1) is 0 Å². The highest BCUT2D eigenvalue weighted by Crippen LogP contribution is 2.10. The molecule has 1 rings (SSSR count). The van der Waals surface area contributed by atoms with E-state index in [-0.39, 0.29) is 6.04 Å². The molecular formula is C10H19FN2O2. The van der Waals surface area contributed by atoms with Crippen molar-refractivity contribution in [2.75, 3.05) is 19.8 Å². The topological polar surface area (TPSA) is 50.4 Å². The third kappa shape index (κ3) is 4.46. The first-order chi connectivity index (χ1) is 7.03. The minimum absolute atomic E-state index is 0.147. The number of amides is 1. The van der Waals surface area contributed by atoms with Crippen LogP contribution in [0.25, 0.3) is 0 Å². The Balaban J connectivity index is 2.28. The third-order valence-electron chi connectivity index (χ3n) is 2.35. The van der Waals surface area contributed by atoms with Crippen LogP contribution < -0.4 is 10.6 Å². The van der Waals surface area contributed by atoms with E-state index in [2.05, 4.69) is 10.6 Å². The summed E-state index contributed by atoms with van der Waals surface area (Å²) in [6.45, 7) is 4.23. The van der Waals surface area contributed by atoms with Crippen LogP contribution in [0, 0.1) is 0 Å². The van der Waals surface area contributed by atoms with Gasteiger partial charge in [0.05, 0.1) is 0 Å². The molecule has 1 fully saturated rings. The summed E-state index contributed by atoms with van der Waals surface area (Å²) < 4.78 is 17.3. The quantitative estimate of drug-likeness (QED) is 0.748. The van der Waals surface area contributed by atoms with Crippen molar-refractivity contribution < 1.29 is 13.9 Å². The van der Waals surface area contributed by atoms with E-state index in [1.165, 1.54) is 0 Å². The van der Waals surface area contributed by atoms with Crippen molar-refractivity contribution in [1.82, 2.24) is 10.6 Å². The van der Waals surface area contributed by atoms with E-state index in [1.807, 2.05) is 0 Å². The Hall–Kier alpha value is -0.840. The number of hydrogen-bond donors (Lipinski definition) is 2. The summed E-state index contributed by atoms with van der Waals surface area (Å²) in [5.74, 6) is 0. The fourth-order valence-corrected chi connectivity index (χ4v) is 1.44. The average Bonchev–Trinajstić information content (AvgIpc) is 2.18. The zero-order valence-corrected chi connectivity index (χ0v) is 9.31. The third-order valence-corrected chi connectivity index (χ3v) is 2.35.